The van der Waals surface area contributed by atoms with Crippen LogP contribution in [0.25, 0.3) is 17.4 Å². The average molecular weight is 451 g/mol. The Morgan fingerprint density at radius 2 is 1.84 bits per heavy atom. The zero-order valence-corrected chi connectivity index (χ0v) is 17.3. The molecule has 1 aromatic heterocycles. The summed E-state index contributed by atoms with van der Waals surface area (Å²) in [5, 5.41) is 11.3. The van der Waals surface area contributed by atoms with Gasteiger partial charge < -0.3 is 10.2 Å². The minimum absolute atomic E-state index is 0.0854. The van der Waals surface area contributed by atoms with Crippen LogP contribution in [0.5, 0.6) is 0 Å². The summed E-state index contributed by atoms with van der Waals surface area (Å²) in [4.78, 5) is 37.0. The smallest absolute Gasteiger partial charge is 0.280 e. The SMILES string of the molecule is NC(=O)c1ccccc1N1C(=O)/C(=C\c2ccc(-c3ccccc3[N+](=O)[O-])o2)SC1=S. The van der Waals surface area contributed by atoms with Gasteiger partial charge in [-0.1, -0.05) is 48.2 Å². The minimum Gasteiger partial charge on any atom is -0.456 e. The Morgan fingerprint density at radius 3 is 2.58 bits per heavy atom. The van der Waals surface area contributed by atoms with E-state index in [0.717, 1.165) is 11.8 Å². The number of para-hydroxylation sites is 2. The van der Waals surface area contributed by atoms with Crippen LogP contribution in [0.3, 0.4) is 0 Å². The lowest BCUT2D eigenvalue weighted by Gasteiger charge is -2.17. The van der Waals surface area contributed by atoms with E-state index in [0.29, 0.717) is 22.8 Å². The van der Waals surface area contributed by atoms with Crippen LogP contribution in [0.15, 0.2) is 70.0 Å². The Labute approximate surface area is 185 Å². The molecule has 1 aliphatic rings. The van der Waals surface area contributed by atoms with Crippen molar-refractivity contribution in [2.24, 2.45) is 5.73 Å². The Morgan fingerprint density at radius 1 is 1.13 bits per heavy atom. The van der Waals surface area contributed by atoms with Crippen molar-refractivity contribution in [3.05, 3.63) is 87.0 Å². The summed E-state index contributed by atoms with van der Waals surface area (Å²) in [6.07, 6.45) is 1.50. The summed E-state index contributed by atoms with van der Waals surface area (Å²) >= 11 is 6.39. The standard InChI is InChI=1S/C21H13N3O5S2/c22-19(25)14-6-2-3-7-15(14)23-20(26)18(31-21(23)30)11-12-9-10-17(29-12)13-5-1-4-8-16(13)24(27)28/h1-11H,(H2,22,25)/b18-11+. The van der Waals surface area contributed by atoms with Crippen LogP contribution in [-0.2, 0) is 4.79 Å². The highest BCUT2D eigenvalue weighted by Gasteiger charge is 2.35. The summed E-state index contributed by atoms with van der Waals surface area (Å²) in [6.45, 7) is 0. The molecule has 4 rings (SSSR count). The van der Waals surface area contributed by atoms with Crippen LogP contribution in [0.4, 0.5) is 11.4 Å². The number of primary amides is 1. The summed E-state index contributed by atoms with van der Waals surface area (Å²) in [7, 11) is 0. The number of amides is 2. The number of furan rings is 1. The number of hydrogen-bond acceptors (Lipinski definition) is 7. The first kappa shape index (κ1) is 20.5. The van der Waals surface area contributed by atoms with Crippen LogP contribution < -0.4 is 10.6 Å². The van der Waals surface area contributed by atoms with Crippen LogP contribution in [-0.4, -0.2) is 21.1 Å². The predicted octanol–water partition coefficient (Wildman–Crippen LogP) is 4.36. The lowest BCUT2D eigenvalue weighted by atomic mass is 10.1. The number of rotatable bonds is 5. The van der Waals surface area contributed by atoms with Crippen molar-refractivity contribution < 1.29 is 18.9 Å². The van der Waals surface area contributed by atoms with Crippen molar-refractivity contribution in [2.45, 2.75) is 0 Å². The highest BCUT2D eigenvalue weighted by molar-refractivity contribution is 8.27. The second-order valence-electron chi connectivity index (χ2n) is 6.37. The molecule has 0 unspecified atom stereocenters. The van der Waals surface area contributed by atoms with Gasteiger partial charge in [0, 0.05) is 12.1 Å². The zero-order valence-electron chi connectivity index (χ0n) is 15.7. The van der Waals surface area contributed by atoms with Crippen LogP contribution in [0.2, 0.25) is 0 Å². The second-order valence-corrected chi connectivity index (χ2v) is 8.05. The van der Waals surface area contributed by atoms with E-state index in [1.54, 1.807) is 48.5 Å². The molecule has 2 heterocycles. The van der Waals surface area contributed by atoms with Gasteiger partial charge in [0.05, 0.1) is 26.6 Å². The van der Waals surface area contributed by atoms with E-state index >= 15 is 0 Å². The number of benzene rings is 2. The molecular weight excluding hydrogens is 438 g/mol. The summed E-state index contributed by atoms with van der Waals surface area (Å²) in [5.74, 6) is -0.467. The molecule has 3 aromatic rings. The number of carbonyl (C=O) groups excluding carboxylic acids is 2. The number of thioether (sulfide) groups is 1. The molecule has 1 saturated heterocycles. The van der Waals surface area contributed by atoms with E-state index in [2.05, 4.69) is 0 Å². The van der Waals surface area contributed by atoms with Gasteiger partial charge in [0.25, 0.3) is 17.5 Å². The largest absolute Gasteiger partial charge is 0.456 e. The number of hydrogen-bond donors (Lipinski definition) is 1. The first-order valence-electron chi connectivity index (χ1n) is 8.87. The highest BCUT2D eigenvalue weighted by atomic mass is 32.2. The third-order valence-electron chi connectivity index (χ3n) is 4.47. The zero-order chi connectivity index (χ0) is 22.1. The molecule has 8 nitrogen and oxygen atoms in total. The van der Waals surface area contributed by atoms with E-state index in [9.17, 15) is 19.7 Å². The monoisotopic (exact) mass is 451 g/mol. The maximum absolute atomic E-state index is 13.0. The van der Waals surface area contributed by atoms with Gasteiger partial charge in [0.1, 0.15) is 11.5 Å². The Hall–Kier alpha value is -3.76. The van der Waals surface area contributed by atoms with E-state index in [1.807, 2.05) is 0 Å². The Balaban J connectivity index is 1.67. The van der Waals surface area contributed by atoms with Gasteiger partial charge in [0.15, 0.2) is 4.32 Å². The molecule has 2 amide bonds. The maximum Gasteiger partial charge on any atom is 0.280 e. The van der Waals surface area contributed by atoms with E-state index in [1.165, 1.54) is 23.1 Å². The molecule has 2 N–H and O–H groups in total. The van der Waals surface area contributed by atoms with E-state index in [4.69, 9.17) is 22.4 Å². The number of thiocarbonyl (C=S) groups is 1. The number of anilines is 1. The molecule has 0 aliphatic carbocycles. The van der Waals surface area contributed by atoms with Crippen LogP contribution >= 0.6 is 24.0 Å². The fourth-order valence-corrected chi connectivity index (χ4v) is 4.36. The fraction of sp³-hybridized carbons (Fsp3) is 0. The van der Waals surface area contributed by atoms with Crippen molar-refractivity contribution in [1.29, 1.82) is 0 Å². The lowest BCUT2D eigenvalue weighted by Crippen LogP contribution is -2.30. The molecule has 0 saturated carbocycles. The molecule has 31 heavy (non-hydrogen) atoms. The van der Waals surface area contributed by atoms with Crippen LogP contribution in [0, 0.1) is 10.1 Å². The second kappa shape index (κ2) is 8.17. The molecule has 2 aromatic carbocycles. The van der Waals surface area contributed by atoms with Crippen molar-refractivity contribution in [3.8, 4) is 11.3 Å². The van der Waals surface area contributed by atoms with Gasteiger partial charge in [-0.15, -0.1) is 0 Å². The van der Waals surface area contributed by atoms with Gasteiger partial charge in [-0.2, -0.15) is 0 Å². The number of nitro benzene ring substituents is 1. The van der Waals surface area contributed by atoms with Crippen LogP contribution in [0.1, 0.15) is 16.1 Å². The number of nitrogens with two attached hydrogens (primary N) is 1. The molecule has 1 aliphatic heterocycles. The molecule has 0 radical (unpaired) electrons. The lowest BCUT2D eigenvalue weighted by molar-refractivity contribution is -0.384. The summed E-state index contributed by atoms with van der Waals surface area (Å²) < 4.78 is 5.97. The third kappa shape index (κ3) is 3.86. The topological polar surface area (TPSA) is 120 Å². The van der Waals surface area contributed by atoms with Gasteiger partial charge in [0.2, 0.25) is 0 Å². The van der Waals surface area contributed by atoms with Crippen molar-refractivity contribution in [3.63, 3.8) is 0 Å². The van der Waals surface area contributed by atoms with Gasteiger partial charge in [-0.3, -0.25) is 24.6 Å². The third-order valence-corrected chi connectivity index (χ3v) is 5.77. The molecular formula is C21H13N3O5S2. The van der Waals surface area contributed by atoms with Crippen molar-refractivity contribution >= 4 is 57.6 Å². The van der Waals surface area contributed by atoms with Crippen molar-refractivity contribution in [1.82, 2.24) is 0 Å². The average Bonchev–Trinajstić information content (AvgIpc) is 3.32. The molecule has 10 heteroatoms. The maximum atomic E-state index is 13.0. The Bertz CT molecular complexity index is 1280. The molecule has 0 spiro atoms. The van der Waals surface area contributed by atoms with E-state index in [-0.39, 0.29) is 20.5 Å². The predicted molar refractivity (Wildman–Crippen MR) is 121 cm³/mol. The van der Waals surface area contributed by atoms with Gasteiger partial charge >= 0.3 is 0 Å². The fourth-order valence-electron chi connectivity index (χ4n) is 3.10. The van der Waals surface area contributed by atoms with Gasteiger partial charge in [-0.05, 0) is 30.3 Å². The molecule has 0 bridgehead atoms. The normalized spacial score (nSPS) is 15.0. The molecule has 154 valence electrons. The minimum atomic E-state index is -0.672. The highest BCUT2D eigenvalue weighted by Crippen LogP contribution is 2.38. The number of nitrogens with zero attached hydrogens (tertiary/aromatic N) is 2. The first-order valence-corrected chi connectivity index (χ1v) is 10.1. The first-order chi connectivity index (χ1) is 14.9. The quantitative estimate of drug-likeness (QED) is 0.265. The van der Waals surface area contributed by atoms with Crippen molar-refractivity contribution in [2.75, 3.05) is 4.90 Å². The molecule has 0 atom stereocenters. The number of carbonyl (C=O) groups is 2. The Kier molecular flexibility index (Phi) is 5.40. The van der Waals surface area contributed by atoms with Gasteiger partial charge in [-0.25, -0.2) is 0 Å². The molecule has 1 fully saturated rings. The summed E-state index contributed by atoms with van der Waals surface area (Å²) in [5.41, 5.74) is 6.15. The summed E-state index contributed by atoms with van der Waals surface area (Å²) in [6, 6.07) is 15.8. The number of nitro groups is 1. The van der Waals surface area contributed by atoms with E-state index < -0.39 is 16.7 Å².